The first kappa shape index (κ1) is 12.3. The number of nitrogens with two attached hydrogens (primary N) is 1. The van der Waals surface area contributed by atoms with Gasteiger partial charge in [0.1, 0.15) is 0 Å². The number of nitrogens with zero attached hydrogens (tertiary/aromatic N) is 2. The Hall–Kier alpha value is -0.120. The lowest BCUT2D eigenvalue weighted by Crippen LogP contribution is -2.51. The second-order valence-electron chi connectivity index (χ2n) is 5.63. The molecule has 0 aromatic heterocycles. The van der Waals surface area contributed by atoms with Gasteiger partial charge >= 0.3 is 0 Å². The molecule has 2 rings (SSSR count). The summed E-state index contributed by atoms with van der Waals surface area (Å²) in [6, 6.07) is 0.871. The van der Waals surface area contributed by atoms with Crippen LogP contribution < -0.4 is 5.73 Å². The molecule has 2 N–H and O–H groups in total. The van der Waals surface area contributed by atoms with E-state index in [2.05, 4.69) is 16.7 Å². The van der Waals surface area contributed by atoms with Crippen LogP contribution in [-0.2, 0) is 0 Å². The molecule has 2 atom stereocenters. The Bertz CT molecular complexity index is 207. The van der Waals surface area contributed by atoms with Crippen molar-refractivity contribution < 1.29 is 0 Å². The molecule has 2 aliphatic rings. The normalized spacial score (nSPS) is 29.2. The molecule has 0 amide bonds. The van der Waals surface area contributed by atoms with Crippen molar-refractivity contribution in [2.45, 2.75) is 38.6 Å². The molecule has 3 nitrogen and oxygen atoms in total. The highest BCUT2D eigenvalue weighted by Gasteiger charge is 2.30. The summed E-state index contributed by atoms with van der Waals surface area (Å²) in [6.45, 7) is 9.74. The molecule has 2 saturated heterocycles. The first-order valence-corrected chi connectivity index (χ1v) is 6.96. The lowest BCUT2D eigenvalue weighted by Gasteiger charge is -2.38. The third kappa shape index (κ3) is 3.19. The van der Waals surface area contributed by atoms with E-state index in [-0.39, 0.29) is 0 Å². The van der Waals surface area contributed by atoms with Gasteiger partial charge in [-0.25, -0.2) is 0 Å². The van der Waals surface area contributed by atoms with Crippen LogP contribution in [0.4, 0.5) is 0 Å². The number of rotatable bonds is 5. The number of hydrogen-bond acceptors (Lipinski definition) is 3. The van der Waals surface area contributed by atoms with Crippen LogP contribution in [0.5, 0.6) is 0 Å². The molecule has 2 heterocycles. The minimum absolute atomic E-state index is 0.816. The van der Waals surface area contributed by atoms with Crippen LogP contribution >= 0.6 is 0 Å². The van der Waals surface area contributed by atoms with Crippen LogP contribution in [0.1, 0.15) is 32.6 Å². The van der Waals surface area contributed by atoms with Crippen molar-refractivity contribution in [2.24, 2.45) is 11.7 Å². The van der Waals surface area contributed by atoms with Crippen molar-refractivity contribution in [3.05, 3.63) is 0 Å². The second-order valence-corrected chi connectivity index (χ2v) is 5.63. The maximum Gasteiger partial charge on any atom is 0.0224 e. The standard InChI is InChI=1S/C13H27N3/c1-12(4-2-6-14)10-15-8-9-16-7-3-5-13(16)11-15/h12-13H,2-11,14H2,1H3. The lowest BCUT2D eigenvalue weighted by molar-refractivity contribution is 0.0925. The van der Waals surface area contributed by atoms with Gasteiger partial charge in [-0.1, -0.05) is 6.92 Å². The average molecular weight is 225 g/mol. The van der Waals surface area contributed by atoms with Crippen molar-refractivity contribution in [1.29, 1.82) is 0 Å². The van der Waals surface area contributed by atoms with Crippen LogP contribution in [0.3, 0.4) is 0 Å². The number of piperazine rings is 1. The molecule has 0 saturated carbocycles. The molecule has 0 aromatic carbocycles. The number of hydrogen-bond donors (Lipinski definition) is 1. The zero-order chi connectivity index (χ0) is 11.4. The molecule has 0 bridgehead atoms. The molecular formula is C13H27N3. The van der Waals surface area contributed by atoms with Crippen molar-refractivity contribution in [3.8, 4) is 0 Å². The highest BCUT2D eigenvalue weighted by Crippen LogP contribution is 2.22. The van der Waals surface area contributed by atoms with E-state index in [4.69, 9.17) is 5.73 Å². The second kappa shape index (κ2) is 5.99. The van der Waals surface area contributed by atoms with E-state index in [0.29, 0.717) is 0 Å². The van der Waals surface area contributed by atoms with Crippen LogP contribution in [0, 0.1) is 5.92 Å². The van der Waals surface area contributed by atoms with E-state index in [9.17, 15) is 0 Å². The summed E-state index contributed by atoms with van der Waals surface area (Å²) in [5.41, 5.74) is 5.56. The molecule has 0 aliphatic carbocycles. The zero-order valence-corrected chi connectivity index (χ0v) is 10.7. The predicted molar refractivity (Wildman–Crippen MR) is 68.5 cm³/mol. The van der Waals surface area contributed by atoms with Gasteiger partial charge in [-0.15, -0.1) is 0 Å². The highest BCUT2D eigenvalue weighted by atomic mass is 15.3. The average Bonchev–Trinajstić information content (AvgIpc) is 2.73. The van der Waals surface area contributed by atoms with E-state index >= 15 is 0 Å². The summed E-state index contributed by atoms with van der Waals surface area (Å²) in [7, 11) is 0. The Morgan fingerprint density at radius 3 is 3.00 bits per heavy atom. The Kier molecular flexibility index (Phi) is 4.62. The van der Waals surface area contributed by atoms with Gasteiger partial charge in [0.25, 0.3) is 0 Å². The SMILES string of the molecule is CC(CCCN)CN1CCN2CCCC2C1. The smallest absolute Gasteiger partial charge is 0.0224 e. The fraction of sp³-hybridized carbons (Fsp3) is 1.00. The van der Waals surface area contributed by atoms with E-state index in [1.165, 1.54) is 58.4 Å². The third-order valence-corrected chi connectivity index (χ3v) is 4.14. The maximum atomic E-state index is 5.56. The molecule has 0 spiro atoms. The minimum Gasteiger partial charge on any atom is -0.330 e. The zero-order valence-electron chi connectivity index (χ0n) is 10.7. The Balaban J connectivity index is 1.70. The van der Waals surface area contributed by atoms with E-state index in [1.807, 2.05) is 0 Å². The monoisotopic (exact) mass is 225 g/mol. The summed E-state index contributed by atoms with van der Waals surface area (Å²) >= 11 is 0. The molecule has 16 heavy (non-hydrogen) atoms. The molecule has 0 aromatic rings. The largest absolute Gasteiger partial charge is 0.330 e. The first-order valence-electron chi connectivity index (χ1n) is 6.96. The first-order chi connectivity index (χ1) is 7.79. The van der Waals surface area contributed by atoms with E-state index < -0.39 is 0 Å². The highest BCUT2D eigenvalue weighted by molar-refractivity contribution is 4.87. The third-order valence-electron chi connectivity index (χ3n) is 4.14. The van der Waals surface area contributed by atoms with E-state index in [1.54, 1.807) is 0 Å². The summed E-state index contributed by atoms with van der Waals surface area (Å²) in [6.07, 6.45) is 5.32. The summed E-state index contributed by atoms with van der Waals surface area (Å²) in [5.74, 6) is 0.816. The Morgan fingerprint density at radius 1 is 1.31 bits per heavy atom. The minimum atomic E-state index is 0.816. The van der Waals surface area contributed by atoms with Crippen LogP contribution in [0.2, 0.25) is 0 Å². The van der Waals surface area contributed by atoms with Gasteiger partial charge in [-0.2, -0.15) is 0 Å². The topological polar surface area (TPSA) is 32.5 Å². The van der Waals surface area contributed by atoms with Gasteiger partial charge in [0.15, 0.2) is 0 Å². The molecule has 2 unspecified atom stereocenters. The van der Waals surface area contributed by atoms with Gasteiger partial charge in [-0.3, -0.25) is 4.90 Å². The van der Waals surface area contributed by atoms with Crippen molar-refractivity contribution in [1.82, 2.24) is 9.80 Å². The lowest BCUT2D eigenvalue weighted by atomic mass is 10.0. The molecule has 94 valence electrons. The maximum absolute atomic E-state index is 5.56. The van der Waals surface area contributed by atoms with Gasteiger partial charge < -0.3 is 10.6 Å². The summed E-state index contributed by atoms with van der Waals surface area (Å²) < 4.78 is 0. The fourth-order valence-electron chi connectivity index (χ4n) is 3.22. The van der Waals surface area contributed by atoms with Gasteiger partial charge in [-0.05, 0) is 44.7 Å². The van der Waals surface area contributed by atoms with Gasteiger partial charge in [0, 0.05) is 32.2 Å². The van der Waals surface area contributed by atoms with Crippen LogP contribution in [0.15, 0.2) is 0 Å². The molecular weight excluding hydrogens is 198 g/mol. The van der Waals surface area contributed by atoms with Crippen molar-refractivity contribution in [3.63, 3.8) is 0 Å². The van der Waals surface area contributed by atoms with E-state index in [0.717, 1.165) is 18.5 Å². The number of fused-ring (bicyclic) bond motifs is 1. The van der Waals surface area contributed by atoms with Gasteiger partial charge in [0.05, 0.1) is 0 Å². The quantitative estimate of drug-likeness (QED) is 0.761. The van der Waals surface area contributed by atoms with Crippen LogP contribution in [-0.4, -0.2) is 55.1 Å². The summed E-state index contributed by atoms with van der Waals surface area (Å²) in [5, 5.41) is 0. The Labute approximate surface area is 100.0 Å². The molecule has 2 fully saturated rings. The molecule has 2 aliphatic heterocycles. The van der Waals surface area contributed by atoms with Crippen LogP contribution in [0.25, 0.3) is 0 Å². The van der Waals surface area contributed by atoms with Gasteiger partial charge in [0.2, 0.25) is 0 Å². The summed E-state index contributed by atoms with van der Waals surface area (Å²) in [4.78, 5) is 5.36. The van der Waals surface area contributed by atoms with Crippen molar-refractivity contribution >= 4 is 0 Å². The predicted octanol–water partition coefficient (Wildman–Crippen LogP) is 1.14. The molecule has 3 heteroatoms. The fourth-order valence-corrected chi connectivity index (χ4v) is 3.22. The molecule has 0 radical (unpaired) electrons. The Morgan fingerprint density at radius 2 is 2.19 bits per heavy atom. The van der Waals surface area contributed by atoms with Crippen molar-refractivity contribution in [2.75, 3.05) is 39.3 Å².